The molecule has 5 nitrogen and oxygen atoms in total. The van der Waals surface area contributed by atoms with Crippen LogP contribution in [0.1, 0.15) is 11.1 Å². The van der Waals surface area contributed by atoms with E-state index in [9.17, 15) is 9.59 Å². The Labute approximate surface area is 135 Å². The van der Waals surface area contributed by atoms with Crippen molar-refractivity contribution in [3.8, 4) is 0 Å². The number of benzene rings is 2. The summed E-state index contributed by atoms with van der Waals surface area (Å²) < 4.78 is 5.15. The van der Waals surface area contributed by atoms with Crippen molar-refractivity contribution in [2.45, 2.75) is 13.8 Å². The second-order valence-corrected chi connectivity index (χ2v) is 5.27. The fourth-order valence-corrected chi connectivity index (χ4v) is 2.06. The standard InChI is InChI=1S/C18H20N2O3/c1-13-6-5-8-15(10-13)19-17(21)11-23-12-18(22)20-16-9-4-3-7-14(16)2/h3-10H,11-12H2,1-2H3,(H,19,21)(H,20,22). The third-order valence-corrected chi connectivity index (χ3v) is 3.19. The molecule has 0 radical (unpaired) electrons. The summed E-state index contributed by atoms with van der Waals surface area (Å²) in [6.45, 7) is 3.51. The van der Waals surface area contributed by atoms with E-state index in [0.717, 1.165) is 16.8 Å². The zero-order valence-corrected chi connectivity index (χ0v) is 13.3. The van der Waals surface area contributed by atoms with E-state index >= 15 is 0 Å². The number of carbonyl (C=O) groups excluding carboxylic acids is 2. The van der Waals surface area contributed by atoms with Crippen molar-refractivity contribution in [1.82, 2.24) is 0 Å². The van der Waals surface area contributed by atoms with Gasteiger partial charge in [0.1, 0.15) is 13.2 Å². The summed E-state index contributed by atoms with van der Waals surface area (Å²) in [5.74, 6) is -0.582. The molecule has 0 atom stereocenters. The van der Waals surface area contributed by atoms with Crippen molar-refractivity contribution in [2.75, 3.05) is 23.8 Å². The first-order valence-electron chi connectivity index (χ1n) is 7.34. The number of ether oxygens (including phenoxy) is 1. The van der Waals surface area contributed by atoms with Gasteiger partial charge in [0.15, 0.2) is 0 Å². The van der Waals surface area contributed by atoms with Crippen LogP contribution >= 0.6 is 0 Å². The van der Waals surface area contributed by atoms with Gasteiger partial charge in [0.2, 0.25) is 11.8 Å². The van der Waals surface area contributed by atoms with Gasteiger partial charge >= 0.3 is 0 Å². The van der Waals surface area contributed by atoms with Crippen LogP contribution in [0.4, 0.5) is 11.4 Å². The van der Waals surface area contributed by atoms with E-state index in [4.69, 9.17) is 4.74 Å². The van der Waals surface area contributed by atoms with Crippen molar-refractivity contribution < 1.29 is 14.3 Å². The van der Waals surface area contributed by atoms with E-state index in [1.54, 1.807) is 6.07 Å². The number of hydrogen-bond donors (Lipinski definition) is 2. The van der Waals surface area contributed by atoms with Crippen LogP contribution in [0.2, 0.25) is 0 Å². The minimum atomic E-state index is -0.292. The highest BCUT2D eigenvalue weighted by molar-refractivity contribution is 5.94. The maximum atomic E-state index is 11.8. The maximum absolute atomic E-state index is 11.8. The van der Waals surface area contributed by atoms with Gasteiger partial charge in [-0.3, -0.25) is 9.59 Å². The molecule has 2 rings (SSSR count). The van der Waals surface area contributed by atoms with E-state index in [2.05, 4.69) is 10.6 Å². The molecule has 0 unspecified atom stereocenters. The molecule has 0 aromatic heterocycles. The van der Waals surface area contributed by atoms with E-state index in [0.29, 0.717) is 5.69 Å². The zero-order chi connectivity index (χ0) is 16.7. The van der Waals surface area contributed by atoms with Crippen LogP contribution in [0, 0.1) is 13.8 Å². The predicted octanol–water partition coefficient (Wildman–Crippen LogP) is 2.90. The monoisotopic (exact) mass is 312 g/mol. The van der Waals surface area contributed by atoms with Crippen LogP contribution in [0.3, 0.4) is 0 Å². The molecular formula is C18H20N2O3. The van der Waals surface area contributed by atoms with Crippen molar-refractivity contribution in [3.05, 3.63) is 59.7 Å². The Morgan fingerprint density at radius 2 is 1.61 bits per heavy atom. The highest BCUT2D eigenvalue weighted by Crippen LogP contribution is 2.12. The molecule has 0 aliphatic heterocycles. The van der Waals surface area contributed by atoms with Crippen LogP contribution < -0.4 is 10.6 Å². The number of para-hydroxylation sites is 1. The van der Waals surface area contributed by atoms with Gasteiger partial charge in [-0.2, -0.15) is 0 Å². The van der Waals surface area contributed by atoms with Gasteiger partial charge in [-0.05, 0) is 43.2 Å². The van der Waals surface area contributed by atoms with Gasteiger partial charge in [-0.25, -0.2) is 0 Å². The van der Waals surface area contributed by atoms with Crippen LogP contribution in [0.5, 0.6) is 0 Å². The Bertz CT molecular complexity index is 698. The number of nitrogens with one attached hydrogen (secondary N) is 2. The lowest BCUT2D eigenvalue weighted by Crippen LogP contribution is -2.24. The highest BCUT2D eigenvalue weighted by atomic mass is 16.5. The summed E-state index contributed by atoms with van der Waals surface area (Å²) in [5, 5.41) is 5.47. The number of carbonyl (C=O) groups is 2. The molecule has 0 saturated carbocycles. The molecule has 0 aliphatic carbocycles. The lowest BCUT2D eigenvalue weighted by molar-refractivity contribution is -0.125. The Morgan fingerprint density at radius 3 is 2.30 bits per heavy atom. The third-order valence-electron chi connectivity index (χ3n) is 3.19. The number of amides is 2. The fourth-order valence-electron chi connectivity index (χ4n) is 2.06. The lowest BCUT2D eigenvalue weighted by Gasteiger charge is -2.09. The maximum Gasteiger partial charge on any atom is 0.250 e. The molecule has 2 amide bonds. The predicted molar refractivity (Wildman–Crippen MR) is 90.4 cm³/mol. The smallest absolute Gasteiger partial charge is 0.250 e. The molecule has 2 aromatic rings. The van der Waals surface area contributed by atoms with Crippen LogP contribution in [-0.4, -0.2) is 25.0 Å². The molecule has 0 aliphatic rings. The molecule has 0 fully saturated rings. The van der Waals surface area contributed by atoms with Gasteiger partial charge < -0.3 is 15.4 Å². The van der Waals surface area contributed by atoms with Gasteiger partial charge in [0, 0.05) is 11.4 Å². The third kappa shape index (κ3) is 5.56. The second kappa shape index (κ2) is 8.10. The summed E-state index contributed by atoms with van der Waals surface area (Å²) in [5.41, 5.74) is 3.48. The topological polar surface area (TPSA) is 67.4 Å². The minimum Gasteiger partial charge on any atom is -0.362 e. The van der Waals surface area contributed by atoms with E-state index < -0.39 is 0 Å². The molecule has 120 valence electrons. The number of aryl methyl sites for hydroxylation is 2. The first kappa shape index (κ1) is 16.7. The summed E-state index contributed by atoms with van der Waals surface area (Å²) >= 11 is 0. The lowest BCUT2D eigenvalue weighted by atomic mass is 10.2. The summed E-state index contributed by atoms with van der Waals surface area (Å²) in [6, 6.07) is 14.9. The second-order valence-electron chi connectivity index (χ2n) is 5.27. The highest BCUT2D eigenvalue weighted by Gasteiger charge is 2.07. The Morgan fingerprint density at radius 1 is 0.913 bits per heavy atom. The quantitative estimate of drug-likeness (QED) is 0.862. The van der Waals surface area contributed by atoms with Crippen molar-refractivity contribution in [2.24, 2.45) is 0 Å². The first-order valence-corrected chi connectivity index (χ1v) is 7.34. The first-order chi connectivity index (χ1) is 11.0. The van der Waals surface area contributed by atoms with Crippen LogP contribution in [0.25, 0.3) is 0 Å². The van der Waals surface area contributed by atoms with Gasteiger partial charge in [-0.15, -0.1) is 0 Å². The van der Waals surface area contributed by atoms with E-state index in [-0.39, 0.29) is 25.0 Å². The van der Waals surface area contributed by atoms with Crippen molar-refractivity contribution >= 4 is 23.2 Å². The number of rotatable bonds is 6. The number of anilines is 2. The summed E-state index contributed by atoms with van der Waals surface area (Å²) in [7, 11) is 0. The minimum absolute atomic E-state index is 0.171. The van der Waals surface area contributed by atoms with Crippen molar-refractivity contribution in [1.29, 1.82) is 0 Å². The molecule has 0 heterocycles. The zero-order valence-electron chi connectivity index (χ0n) is 13.3. The normalized spacial score (nSPS) is 10.2. The fraction of sp³-hybridized carbons (Fsp3) is 0.222. The average Bonchev–Trinajstić information content (AvgIpc) is 2.49. The largest absolute Gasteiger partial charge is 0.362 e. The Balaban J connectivity index is 1.73. The van der Waals surface area contributed by atoms with Gasteiger partial charge in [0.25, 0.3) is 0 Å². The molecule has 0 bridgehead atoms. The summed E-state index contributed by atoms with van der Waals surface area (Å²) in [4.78, 5) is 23.5. The Hall–Kier alpha value is -2.66. The molecule has 2 N–H and O–H groups in total. The number of hydrogen-bond acceptors (Lipinski definition) is 3. The molecule has 5 heteroatoms. The SMILES string of the molecule is Cc1cccc(NC(=O)COCC(=O)Nc2ccccc2C)c1. The molecule has 23 heavy (non-hydrogen) atoms. The van der Waals surface area contributed by atoms with Gasteiger partial charge in [0.05, 0.1) is 0 Å². The van der Waals surface area contributed by atoms with Crippen LogP contribution in [-0.2, 0) is 14.3 Å². The van der Waals surface area contributed by atoms with Gasteiger partial charge in [-0.1, -0.05) is 30.3 Å². The molecule has 2 aromatic carbocycles. The van der Waals surface area contributed by atoms with Crippen molar-refractivity contribution in [3.63, 3.8) is 0 Å². The van der Waals surface area contributed by atoms with Crippen LogP contribution in [0.15, 0.2) is 48.5 Å². The average molecular weight is 312 g/mol. The molecule has 0 spiro atoms. The molecule has 0 saturated heterocycles. The van der Waals surface area contributed by atoms with E-state index in [1.165, 1.54) is 0 Å². The summed E-state index contributed by atoms with van der Waals surface area (Å²) in [6.07, 6.45) is 0. The Kier molecular flexibility index (Phi) is 5.88. The molecular weight excluding hydrogens is 292 g/mol. The van der Waals surface area contributed by atoms with E-state index in [1.807, 2.05) is 56.3 Å².